The number of benzene rings is 1. The lowest BCUT2D eigenvalue weighted by atomic mass is 9.98. The zero-order valence-corrected chi connectivity index (χ0v) is 16.0. The maximum Gasteiger partial charge on any atom is 0.227 e. The van der Waals surface area contributed by atoms with Gasteiger partial charge in [0.15, 0.2) is 5.82 Å². The molecule has 1 atom stereocenters. The summed E-state index contributed by atoms with van der Waals surface area (Å²) >= 11 is 6.06. The molecule has 6 nitrogen and oxygen atoms in total. The molecule has 0 spiro atoms. The van der Waals surface area contributed by atoms with Crippen molar-refractivity contribution in [1.29, 1.82) is 0 Å². The van der Waals surface area contributed by atoms with Crippen molar-refractivity contribution in [3.05, 3.63) is 46.3 Å². The molecule has 1 aromatic heterocycles. The van der Waals surface area contributed by atoms with E-state index < -0.39 is 5.82 Å². The number of nitrogens with zero attached hydrogens (tertiary/aromatic N) is 4. The fraction of sp³-hybridized carbons (Fsp3) is 0.526. The van der Waals surface area contributed by atoms with Crippen LogP contribution in [0.2, 0.25) is 5.02 Å². The smallest absolute Gasteiger partial charge is 0.227 e. The van der Waals surface area contributed by atoms with E-state index in [9.17, 15) is 9.18 Å². The summed E-state index contributed by atoms with van der Waals surface area (Å²) in [5.41, 5.74) is 0.242. The largest absolute Gasteiger partial charge is 0.381 e. The van der Waals surface area contributed by atoms with E-state index in [1.165, 1.54) is 12.1 Å². The van der Waals surface area contributed by atoms with Gasteiger partial charge in [0.1, 0.15) is 11.6 Å². The molecule has 1 amide bonds. The van der Waals surface area contributed by atoms with Crippen LogP contribution < -0.4 is 0 Å². The molecule has 3 heterocycles. The second-order valence-corrected chi connectivity index (χ2v) is 7.64. The lowest BCUT2D eigenvalue weighted by Crippen LogP contribution is -2.41. The predicted molar refractivity (Wildman–Crippen MR) is 98.1 cm³/mol. The van der Waals surface area contributed by atoms with Crippen LogP contribution >= 0.6 is 11.6 Å². The van der Waals surface area contributed by atoms with Gasteiger partial charge in [-0.2, -0.15) is 0 Å². The fourth-order valence-corrected chi connectivity index (χ4v) is 4.18. The maximum absolute atomic E-state index is 14.0. The third kappa shape index (κ3) is 3.58. The molecular weight excluding hydrogens is 371 g/mol. The molecule has 144 valence electrons. The standard InChI is InChI=1S/C19H22ClFN4O2/c1-12-10-24(18(26)9-14-15(20)3-2-4-16(14)21)11-17-22-23-19(25(12)17)13-5-7-27-8-6-13/h2-4,12-13H,5-11H2,1H3/t12-/m0/s1. The van der Waals surface area contributed by atoms with Crippen molar-refractivity contribution in [2.45, 2.75) is 44.7 Å². The summed E-state index contributed by atoms with van der Waals surface area (Å²) in [5, 5.41) is 9.03. The highest BCUT2D eigenvalue weighted by Gasteiger charge is 2.32. The molecule has 1 fully saturated rings. The molecule has 0 N–H and O–H groups in total. The monoisotopic (exact) mass is 392 g/mol. The van der Waals surface area contributed by atoms with Crippen LogP contribution in [-0.2, 0) is 22.5 Å². The predicted octanol–water partition coefficient (Wildman–Crippen LogP) is 3.11. The molecule has 2 aliphatic heterocycles. The zero-order valence-electron chi connectivity index (χ0n) is 15.2. The normalized spacial score (nSPS) is 20.6. The summed E-state index contributed by atoms with van der Waals surface area (Å²) < 4.78 is 21.6. The summed E-state index contributed by atoms with van der Waals surface area (Å²) in [6.45, 7) is 4.48. The van der Waals surface area contributed by atoms with E-state index in [0.29, 0.717) is 19.0 Å². The quantitative estimate of drug-likeness (QED) is 0.805. The first-order valence-electron chi connectivity index (χ1n) is 9.26. The number of hydrogen-bond donors (Lipinski definition) is 0. The first-order valence-corrected chi connectivity index (χ1v) is 9.64. The average molecular weight is 393 g/mol. The van der Waals surface area contributed by atoms with Gasteiger partial charge < -0.3 is 14.2 Å². The van der Waals surface area contributed by atoms with Crippen molar-refractivity contribution in [3.8, 4) is 0 Å². The summed E-state index contributed by atoms with van der Waals surface area (Å²) in [5.74, 6) is 1.51. The fourth-order valence-electron chi connectivity index (χ4n) is 3.95. The number of carbonyl (C=O) groups excluding carboxylic acids is 1. The highest BCUT2D eigenvalue weighted by Crippen LogP contribution is 2.31. The Morgan fingerprint density at radius 1 is 1.33 bits per heavy atom. The van der Waals surface area contributed by atoms with Gasteiger partial charge in [-0.3, -0.25) is 4.79 Å². The number of ether oxygens (including phenoxy) is 1. The van der Waals surface area contributed by atoms with E-state index in [1.807, 2.05) is 0 Å². The van der Waals surface area contributed by atoms with Crippen molar-refractivity contribution in [2.24, 2.45) is 0 Å². The number of rotatable bonds is 3. The van der Waals surface area contributed by atoms with Gasteiger partial charge in [-0.1, -0.05) is 17.7 Å². The molecule has 0 saturated carbocycles. The lowest BCUT2D eigenvalue weighted by molar-refractivity contribution is -0.132. The van der Waals surface area contributed by atoms with Crippen LogP contribution in [0, 0.1) is 5.82 Å². The van der Waals surface area contributed by atoms with Crippen LogP contribution in [-0.4, -0.2) is 45.3 Å². The molecular formula is C19H22ClFN4O2. The molecule has 8 heteroatoms. The third-order valence-corrected chi connectivity index (χ3v) is 5.73. The van der Waals surface area contributed by atoms with Gasteiger partial charge in [0.2, 0.25) is 5.91 Å². The molecule has 0 unspecified atom stereocenters. The van der Waals surface area contributed by atoms with E-state index in [4.69, 9.17) is 16.3 Å². The minimum Gasteiger partial charge on any atom is -0.381 e. The molecule has 2 aromatic rings. The van der Waals surface area contributed by atoms with Crippen molar-refractivity contribution in [2.75, 3.05) is 19.8 Å². The van der Waals surface area contributed by atoms with E-state index in [1.54, 1.807) is 11.0 Å². The van der Waals surface area contributed by atoms with Crippen LogP contribution in [0.25, 0.3) is 0 Å². The van der Waals surface area contributed by atoms with E-state index in [2.05, 4.69) is 21.7 Å². The SMILES string of the molecule is C[C@H]1CN(C(=O)Cc2c(F)cccc2Cl)Cc2nnc(C3CCOCC3)n21. The average Bonchev–Trinajstić information content (AvgIpc) is 3.10. The Kier molecular flexibility index (Phi) is 5.14. The lowest BCUT2D eigenvalue weighted by Gasteiger charge is -2.34. The maximum atomic E-state index is 14.0. The van der Waals surface area contributed by atoms with E-state index in [-0.39, 0.29) is 29.0 Å². The Bertz CT molecular complexity index is 830. The summed E-state index contributed by atoms with van der Waals surface area (Å²) in [6, 6.07) is 4.53. The number of hydrogen-bond acceptors (Lipinski definition) is 4. The molecule has 0 bridgehead atoms. The van der Waals surface area contributed by atoms with Gasteiger partial charge in [0, 0.05) is 36.3 Å². The van der Waals surface area contributed by atoms with Crippen molar-refractivity contribution >= 4 is 17.5 Å². The Labute approximate surface area is 162 Å². The van der Waals surface area contributed by atoms with Gasteiger partial charge >= 0.3 is 0 Å². The van der Waals surface area contributed by atoms with Gasteiger partial charge in [-0.15, -0.1) is 10.2 Å². The number of carbonyl (C=O) groups is 1. The van der Waals surface area contributed by atoms with Crippen LogP contribution in [0.4, 0.5) is 4.39 Å². The Balaban J connectivity index is 1.52. The summed E-state index contributed by atoms with van der Waals surface area (Å²) in [7, 11) is 0. The topological polar surface area (TPSA) is 60.3 Å². The summed E-state index contributed by atoms with van der Waals surface area (Å²) in [6.07, 6.45) is 1.83. The Morgan fingerprint density at radius 2 is 2.11 bits per heavy atom. The van der Waals surface area contributed by atoms with Gasteiger partial charge in [-0.25, -0.2) is 4.39 Å². The third-order valence-electron chi connectivity index (χ3n) is 5.38. The van der Waals surface area contributed by atoms with E-state index >= 15 is 0 Å². The number of halogens is 2. The molecule has 0 radical (unpaired) electrons. The molecule has 0 aliphatic carbocycles. The van der Waals surface area contributed by atoms with E-state index in [0.717, 1.165) is 37.7 Å². The van der Waals surface area contributed by atoms with Crippen LogP contribution in [0.1, 0.15) is 48.9 Å². The van der Waals surface area contributed by atoms with Crippen LogP contribution in [0.5, 0.6) is 0 Å². The highest BCUT2D eigenvalue weighted by molar-refractivity contribution is 6.31. The first kappa shape index (κ1) is 18.4. The molecule has 1 aromatic carbocycles. The second-order valence-electron chi connectivity index (χ2n) is 7.23. The Morgan fingerprint density at radius 3 is 2.85 bits per heavy atom. The van der Waals surface area contributed by atoms with Gasteiger partial charge in [0.05, 0.1) is 19.0 Å². The van der Waals surface area contributed by atoms with Crippen LogP contribution in [0.15, 0.2) is 18.2 Å². The second kappa shape index (κ2) is 7.56. The minimum absolute atomic E-state index is 0.0564. The highest BCUT2D eigenvalue weighted by atomic mass is 35.5. The number of aromatic nitrogens is 3. The number of fused-ring (bicyclic) bond motifs is 1. The Hall–Kier alpha value is -1.99. The van der Waals surface area contributed by atoms with Crippen molar-refractivity contribution in [1.82, 2.24) is 19.7 Å². The minimum atomic E-state index is -0.453. The molecule has 2 aliphatic rings. The van der Waals surface area contributed by atoms with Crippen LogP contribution in [0.3, 0.4) is 0 Å². The zero-order chi connectivity index (χ0) is 19.0. The van der Waals surface area contributed by atoms with Crippen molar-refractivity contribution < 1.29 is 13.9 Å². The summed E-state index contributed by atoms with van der Waals surface area (Å²) in [4.78, 5) is 14.5. The van der Waals surface area contributed by atoms with Crippen molar-refractivity contribution in [3.63, 3.8) is 0 Å². The number of amides is 1. The molecule has 4 rings (SSSR count). The van der Waals surface area contributed by atoms with Gasteiger partial charge in [-0.05, 0) is 31.9 Å². The molecule has 27 heavy (non-hydrogen) atoms. The van der Waals surface area contributed by atoms with Gasteiger partial charge in [0.25, 0.3) is 0 Å². The molecule has 1 saturated heterocycles. The first-order chi connectivity index (χ1) is 13.0.